The minimum Gasteiger partial charge on any atom is -0.508 e. The Morgan fingerprint density at radius 2 is 2.17 bits per heavy atom. The molecule has 0 fully saturated rings. The van der Waals surface area contributed by atoms with Crippen molar-refractivity contribution in [3.05, 3.63) is 28.2 Å². The van der Waals surface area contributed by atoms with Crippen molar-refractivity contribution in [3.8, 4) is 5.75 Å². The van der Waals surface area contributed by atoms with E-state index in [4.69, 9.17) is 5.11 Å². The Morgan fingerprint density at radius 1 is 1.50 bits per heavy atom. The van der Waals surface area contributed by atoms with E-state index in [0.29, 0.717) is 6.42 Å². The van der Waals surface area contributed by atoms with E-state index < -0.39 is 6.10 Å². The van der Waals surface area contributed by atoms with Crippen LogP contribution in [0.25, 0.3) is 0 Å². The second-order valence-electron chi connectivity index (χ2n) is 2.79. The first-order valence-electron chi connectivity index (χ1n) is 3.75. The molecule has 1 aromatic carbocycles. The Balaban J connectivity index is 2.96. The van der Waals surface area contributed by atoms with Gasteiger partial charge in [-0.15, -0.1) is 0 Å². The zero-order valence-corrected chi connectivity index (χ0v) is 8.37. The van der Waals surface area contributed by atoms with E-state index in [1.54, 1.807) is 19.1 Å². The number of rotatable bonds is 2. The molecule has 1 unspecified atom stereocenters. The molecule has 2 N–H and O–H groups in total. The van der Waals surface area contributed by atoms with E-state index in [-0.39, 0.29) is 5.75 Å². The summed E-state index contributed by atoms with van der Waals surface area (Å²) in [6.45, 7) is 1.69. The number of halogens is 1. The second kappa shape index (κ2) is 3.92. The minimum absolute atomic E-state index is 0.227. The van der Waals surface area contributed by atoms with E-state index in [1.165, 1.54) is 0 Å². The fourth-order valence-corrected chi connectivity index (χ4v) is 1.56. The molecule has 0 aliphatic rings. The SMILES string of the molecule is CC(O)Cc1c(O)cccc1Br. The molecule has 2 nitrogen and oxygen atoms in total. The lowest BCUT2D eigenvalue weighted by Gasteiger charge is -2.08. The predicted molar refractivity (Wildman–Crippen MR) is 51.2 cm³/mol. The summed E-state index contributed by atoms with van der Waals surface area (Å²) >= 11 is 3.30. The maximum Gasteiger partial charge on any atom is 0.119 e. The third kappa shape index (κ3) is 2.22. The van der Waals surface area contributed by atoms with Crippen LogP contribution >= 0.6 is 15.9 Å². The summed E-state index contributed by atoms with van der Waals surface area (Å²) < 4.78 is 0.836. The molecule has 0 heterocycles. The van der Waals surface area contributed by atoms with Crippen LogP contribution < -0.4 is 0 Å². The van der Waals surface area contributed by atoms with Crippen LogP contribution in [0.2, 0.25) is 0 Å². The summed E-state index contributed by atoms with van der Waals surface area (Å²) in [5.74, 6) is 0.227. The fourth-order valence-electron chi connectivity index (χ4n) is 1.04. The third-order valence-electron chi connectivity index (χ3n) is 1.59. The lowest BCUT2D eigenvalue weighted by atomic mass is 10.1. The first kappa shape index (κ1) is 9.55. The highest BCUT2D eigenvalue weighted by Crippen LogP contribution is 2.26. The zero-order valence-electron chi connectivity index (χ0n) is 6.79. The van der Waals surface area contributed by atoms with Crippen LogP contribution in [0.3, 0.4) is 0 Å². The number of aliphatic hydroxyl groups excluding tert-OH is 1. The monoisotopic (exact) mass is 230 g/mol. The summed E-state index contributed by atoms with van der Waals surface area (Å²) in [6, 6.07) is 5.21. The molecule has 0 spiro atoms. The van der Waals surface area contributed by atoms with Crippen molar-refractivity contribution in [2.45, 2.75) is 19.4 Å². The van der Waals surface area contributed by atoms with Crippen molar-refractivity contribution in [1.29, 1.82) is 0 Å². The van der Waals surface area contributed by atoms with Crippen molar-refractivity contribution in [1.82, 2.24) is 0 Å². The number of aromatic hydroxyl groups is 1. The van der Waals surface area contributed by atoms with E-state index in [9.17, 15) is 5.11 Å². The molecule has 1 atom stereocenters. The van der Waals surface area contributed by atoms with Crippen molar-refractivity contribution < 1.29 is 10.2 Å². The molecule has 0 radical (unpaired) electrons. The van der Waals surface area contributed by atoms with Gasteiger partial charge < -0.3 is 10.2 Å². The lowest BCUT2D eigenvalue weighted by molar-refractivity contribution is 0.194. The van der Waals surface area contributed by atoms with Gasteiger partial charge in [0.2, 0.25) is 0 Å². The Labute approximate surface area is 80.0 Å². The van der Waals surface area contributed by atoms with Gasteiger partial charge in [0.1, 0.15) is 5.75 Å². The van der Waals surface area contributed by atoms with Gasteiger partial charge in [0.05, 0.1) is 6.10 Å². The van der Waals surface area contributed by atoms with Crippen LogP contribution in [0.1, 0.15) is 12.5 Å². The maximum atomic E-state index is 9.40. The van der Waals surface area contributed by atoms with Gasteiger partial charge in [-0.3, -0.25) is 0 Å². The van der Waals surface area contributed by atoms with Gasteiger partial charge in [-0.2, -0.15) is 0 Å². The lowest BCUT2D eigenvalue weighted by Crippen LogP contribution is -2.04. The Kier molecular flexibility index (Phi) is 3.12. The van der Waals surface area contributed by atoms with Crippen LogP contribution in [0, 0.1) is 0 Å². The van der Waals surface area contributed by atoms with Crippen molar-refractivity contribution in [3.63, 3.8) is 0 Å². The maximum absolute atomic E-state index is 9.40. The van der Waals surface area contributed by atoms with Gasteiger partial charge in [0.25, 0.3) is 0 Å². The van der Waals surface area contributed by atoms with Crippen LogP contribution in [0.15, 0.2) is 22.7 Å². The fraction of sp³-hybridized carbons (Fsp3) is 0.333. The number of hydrogen-bond donors (Lipinski definition) is 2. The molecule has 0 bridgehead atoms. The van der Waals surface area contributed by atoms with Gasteiger partial charge in [-0.25, -0.2) is 0 Å². The highest BCUT2D eigenvalue weighted by molar-refractivity contribution is 9.10. The molecule has 1 rings (SSSR count). The highest BCUT2D eigenvalue weighted by atomic mass is 79.9. The predicted octanol–water partition coefficient (Wildman–Crippen LogP) is 2.08. The number of hydrogen-bond acceptors (Lipinski definition) is 2. The van der Waals surface area contributed by atoms with Gasteiger partial charge in [0, 0.05) is 16.5 Å². The first-order valence-corrected chi connectivity index (χ1v) is 4.55. The molecular weight excluding hydrogens is 220 g/mol. The molecule has 0 aromatic heterocycles. The molecule has 0 amide bonds. The molecular formula is C9H11BrO2. The van der Waals surface area contributed by atoms with Gasteiger partial charge >= 0.3 is 0 Å². The smallest absolute Gasteiger partial charge is 0.119 e. The molecule has 0 saturated heterocycles. The summed E-state index contributed by atoms with van der Waals surface area (Å²) in [6.07, 6.45) is 0.0300. The number of phenols is 1. The number of benzene rings is 1. The van der Waals surface area contributed by atoms with Gasteiger partial charge in [0.15, 0.2) is 0 Å². The summed E-state index contributed by atoms with van der Waals surface area (Å²) in [5.41, 5.74) is 0.757. The topological polar surface area (TPSA) is 40.5 Å². The summed E-state index contributed by atoms with van der Waals surface area (Å²) in [4.78, 5) is 0. The number of aliphatic hydroxyl groups is 1. The van der Waals surface area contributed by atoms with Gasteiger partial charge in [-0.05, 0) is 19.1 Å². The molecule has 0 aliphatic heterocycles. The third-order valence-corrected chi connectivity index (χ3v) is 2.34. The largest absolute Gasteiger partial charge is 0.508 e. The molecule has 0 aliphatic carbocycles. The molecule has 1 aromatic rings. The molecule has 12 heavy (non-hydrogen) atoms. The van der Waals surface area contributed by atoms with E-state index in [2.05, 4.69) is 15.9 Å². The Hall–Kier alpha value is -0.540. The summed E-state index contributed by atoms with van der Waals surface area (Å²) in [7, 11) is 0. The molecule has 0 saturated carbocycles. The Morgan fingerprint density at radius 3 is 2.67 bits per heavy atom. The zero-order chi connectivity index (χ0) is 9.14. The van der Waals surface area contributed by atoms with Crippen molar-refractivity contribution >= 4 is 15.9 Å². The van der Waals surface area contributed by atoms with Crippen molar-refractivity contribution in [2.24, 2.45) is 0 Å². The van der Waals surface area contributed by atoms with Crippen LogP contribution in [-0.2, 0) is 6.42 Å². The average Bonchev–Trinajstić information content (AvgIpc) is 1.97. The van der Waals surface area contributed by atoms with Gasteiger partial charge in [-0.1, -0.05) is 22.0 Å². The average molecular weight is 231 g/mol. The highest BCUT2D eigenvalue weighted by Gasteiger charge is 2.07. The molecule has 3 heteroatoms. The summed E-state index contributed by atoms with van der Waals surface area (Å²) in [5, 5.41) is 18.5. The standard InChI is InChI=1S/C9H11BrO2/c1-6(11)5-7-8(10)3-2-4-9(7)12/h2-4,6,11-12H,5H2,1H3. The Bertz CT molecular complexity index is 251. The van der Waals surface area contributed by atoms with Crippen LogP contribution in [0.5, 0.6) is 5.75 Å². The first-order chi connectivity index (χ1) is 5.61. The van der Waals surface area contributed by atoms with Crippen molar-refractivity contribution in [2.75, 3.05) is 0 Å². The second-order valence-corrected chi connectivity index (χ2v) is 3.64. The number of phenolic OH excluding ortho intramolecular Hbond substituents is 1. The molecule has 66 valence electrons. The van der Waals surface area contributed by atoms with E-state index >= 15 is 0 Å². The van der Waals surface area contributed by atoms with Crippen LogP contribution in [-0.4, -0.2) is 16.3 Å². The van der Waals surface area contributed by atoms with Crippen LogP contribution in [0.4, 0.5) is 0 Å². The quantitative estimate of drug-likeness (QED) is 0.817. The van der Waals surface area contributed by atoms with E-state index in [1.807, 2.05) is 6.07 Å². The van der Waals surface area contributed by atoms with E-state index in [0.717, 1.165) is 10.0 Å². The normalized spacial score (nSPS) is 12.9. The minimum atomic E-state index is -0.436.